The molecule has 2 heteroatoms. The first kappa shape index (κ1) is 20.3. The van der Waals surface area contributed by atoms with E-state index in [0.29, 0.717) is 11.3 Å². The number of ether oxygens (including phenoxy) is 1. The summed E-state index contributed by atoms with van der Waals surface area (Å²) in [7, 11) is 1.54. The molecule has 0 spiro atoms. The highest BCUT2D eigenvalue weighted by Gasteiger charge is 2.04. The molecule has 0 saturated heterocycles. The predicted octanol–water partition coefficient (Wildman–Crippen LogP) is 5.92. The van der Waals surface area contributed by atoms with Crippen LogP contribution in [0.1, 0.15) is 58.6 Å². The maximum absolute atomic E-state index is 12.9. The van der Waals surface area contributed by atoms with E-state index in [9.17, 15) is 4.39 Å². The molecule has 0 amide bonds. The average Bonchev–Trinajstić information content (AvgIpc) is 2.33. The number of benzene rings is 1. The molecule has 0 aliphatic rings. The van der Waals surface area contributed by atoms with Crippen molar-refractivity contribution in [1.29, 1.82) is 0 Å². The van der Waals surface area contributed by atoms with E-state index >= 15 is 0 Å². The summed E-state index contributed by atoms with van der Waals surface area (Å²) in [6, 6.07) is 3.32. The second-order valence-corrected chi connectivity index (χ2v) is 5.31. The minimum absolute atomic E-state index is 0.207. The second-order valence-electron chi connectivity index (χ2n) is 5.31. The summed E-state index contributed by atoms with van der Waals surface area (Å²) >= 11 is 0. The molecule has 1 aromatic rings. The van der Waals surface area contributed by atoms with Crippen LogP contribution in [0.2, 0.25) is 0 Å². The Morgan fingerprint density at radius 1 is 1.05 bits per heavy atom. The third-order valence-corrected chi connectivity index (χ3v) is 2.16. The van der Waals surface area contributed by atoms with E-state index in [0.717, 1.165) is 11.5 Å². The molecule has 0 heterocycles. The molecule has 1 nitrogen and oxygen atoms in total. The van der Waals surface area contributed by atoms with Gasteiger partial charge in [0, 0.05) is 5.56 Å². The van der Waals surface area contributed by atoms with Crippen LogP contribution in [0.4, 0.5) is 4.39 Å². The number of unbranched alkanes of at least 4 members (excludes halogenated alkanes) is 1. The molecule has 0 unspecified atom stereocenters. The van der Waals surface area contributed by atoms with E-state index in [-0.39, 0.29) is 5.82 Å². The number of aryl methyl sites for hydroxylation is 1. The Labute approximate surface area is 119 Å². The molecule has 0 aliphatic heterocycles. The van der Waals surface area contributed by atoms with Crippen molar-refractivity contribution >= 4 is 0 Å². The van der Waals surface area contributed by atoms with Gasteiger partial charge in [0.25, 0.3) is 0 Å². The Balaban J connectivity index is 0. The van der Waals surface area contributed by atoms with Crippen molar-refractivity contribution in [3.63, 3.8) is 0 Å². The molecule has 0 bridgehead atoms. The van der Waals surface area contributed by atoms with Gasteiger partial charge in [-0.3, -0.25) is 0 Å². The highest BCUT2D eigenvalue weighted by molar-refractivity contribution is 5.37. The van der Waals surface area contributed by atoms with Gasteiger partial charge in [0.15, 0.2) is 0 Å². The highest BCUT2D eigenvalue weighted by atomic mass is 19.1. The molecule has 0 N–H and O–H groups in total. The summed E-state index contributed by atoms with van der Waals surface area (Å²) < 4.78 is 17.9. The lowest BCUT2D eigenvalue weighted by atomic mass is 10.1. The van der Waals surface area contributed by atoms with Crippen LogP contribution in [0.25, 0.3) is 0 Å². The Morgan fingerprint density at radius 3 is 1.79 bits per heavy atom. The summed E-state index contributed by atoms with van der Waals surface area (Å²) in [5.74, 6) is 1.24. The molecule has 112 valence electrons. The van der Waals surface area contributed by atoms with Crippen molar-refractivity contribution in [3.05, 3.63) is 29.1 Å². The van der Waals surface area contributed by atoms with Gasteiger partial charge in [-0.15, -0.1) is 0 Å². The number of hydrogen-bond donors (Lipinski definition) is 0. The van der Waals surface area contributed by atoms with E-state index in [1.54, 1.807) is 14.0 Å². The molecule has 0 aromatic heterocycles. The predicted molar refractivity (Wildman–Crippen MR) is 83.5 cm³/mol. The van der Waals surface area contributed by atoms with Crippen molar-refractivity contribution in [2.24, 2.45) is 5.92 Å². The van der Waals surface area contributed by atoms with E-state index in [1.165, 1.54) is 18.9 Å². The lowest BCUT2D eigenvalue weighted by Gasteiger charge is -2.05. The third kappa shape index (κ3) is 11.8. The summed E-state index contributed by atoms with van der Waals surface area (Å²) in [6.45, 7) is 14.4. The van der Waals surface area contributed by atoms with Crippen LogP contribution in [0, 0.1) is 25.6 Å². The fraction of sp³-hybridized carbons (Fsp3) is 0.647. The zero-order chi connectivity index (χ0) is 15.4. The number of halogens is 1. The molecule has 0 fully saturated rings. The summed E-state index contributed by atoms with van der Waals surface area (Å²) in [6.07, 6.45) is 2.64. The largest absolute Gasteiger partial charge is 0.496 e. The van der Waals surface area contributed by atoms with Gasteiger partial charge >= 0.3 is 0 Å². The van der Waals surface area contributed by atoms with Crippen LogP contribution in [0.3, 0.4) is 0 Å². The van der Waals surface area contributed by atoms with Crippen molar-refractivity contribution in [2.45, 2.75) is 61.3 Å². The smallest absolute Gasteiger partial charge is 0.130 e. The first-order valence-electron chi connectivity index (χ1n) is 7.10. The maximum atomic E-state index is 12.9. The van der Waals surface area contributed by atoms with Crippen molar-refractivity contribution in [2.75, 3.05) is 7.11 Å². The lowest BCUT2D eigenvalue weighted by Crippen LogP contribution is -1.91. The Kier molecular flexibility index (Phi) is 12.8. The Morgan fingerprint density at radius 2 is 1.47 bits per heavy atom. The van der Waals surface area contributed by atoms with Crippen molar-refractivity contribution in [3.8, 4) is 5.75 Å². The van der Waals surface area contributed by atoms with Gasteiger partial charge in [-0.1, -0.05) is 47.5 Å². The monoisotopic (exact) mass is 270 g/mol. The van der Waals surface area contributed by atoms with Crippen LogP contribution in [0.5, 0.6) is 5.75 Å². The fourth-order valence-electron chi connectivity index (χ4n) is 0.995. The Hall–Kier alpha value is -1.05. The van der Waals surface area contributed by atoms with Crippen molar-refractivity contribution < 1.29 is 9.13 Å². The first-order valence-corrected chi connectivity index (χ1v) is 7.10. The molecule has 0 aliphatic carbocycles. The van der Waals surface area contributed by atoms with Gasteiger partial charge in [-0.05, 0) is 37.5 Å². The Bertz CT molecular complexity index is 328. The normalized spacial score (nSPS) is 9.16. The van der Waals surface area contributed by atoms with Crippen LogP contribution in [-0.4, -0.2) is 7.11 Å². The van der Waals surface area contributed by atoms with Gasteiger partial charge in [0.2, 0.25) is 0 Å². The van der Waals surface area contributed by atoms with Crippen LogP contribution < -0.4 is 4.74 Å². The zero-order valence-corrected chi connectivity index (χ0v) is 13.9. The van der Waals surface area contributed by atoms with Crippen LogP contribution >= 0.6 is 0 Å². The summed E-state index contributed by atoms with van der Waals surface area (Å²) in [5.41, 5.74) is 1.45. The molecular weight excluding hydrogens is 239 g/mol. The van der Waals surface area contributed by atoms with Gasteiger partial charge in [0.1, 0.15) is 11.6 Å². The second kappa shape index (κ2) is 12.0. The molecule has 0 atom stereocenters. The molecule has 1 aromatic carbocycles. The van der Waals surface area contributed by atoms with Gasteiger partial charge in [-0.2, -0.15) is 0 Å². The average molecular weight is 270 g/mol. The van der Waals surface area contributed by atoms with E-state index < -0.39 is 0 Å². The SMILES string of the molecule is CC(C)C.CCCC.COc1cc(C)cc(F)c1C. The third-order valence-electron chi connectivity index (χ3n) is 2.16. The minimum Gasteiger partial charge on any atom is -0.496 e. The molecular formula is C17H31FO. The molecule has 0 radical (unpaired) electrons. The van der Waals surface area contributed by atoms with E-state index in [2.05, 4.69) is 34.6 Å². The summed E-state index contributed by atoms with van der Waals surface area (Å²) in [4.78, 5) is 0. The fourth-order valence-corrected chi connectivity index (χ4v) is 0.995. The van der Waals surface area contributed by atoms with Gasteiger partial charge in [0.05, 0.1) is 7.11 Å². The van der Waals surface area contributed by atoms with Crippen molar-refractivity contribution in [1.82, 2.24) is 0 Å². The number of methoxy groups -OCH3 is 1. The first-order chi connectivity index (χ1) is 8.79. The lowest BCUT2D eigenvalue weighted by molar-refractivity contribution is 0.407. The van der Waals surface area contributed by atoms with Gasteiger partial charge < -0.3 is 4.74 Å². The van der Waals surface area contributed by atoms with E-state index in [4.69, 9.17) is 4.74 Å². The zero-order valence-electron chi connectivity index (χ0n) is 13.9. The topological polar surface area (TPSA) is 9.23 Å². The molecule has 19 heavy (non-hydrogen) atoms. The van der Waals surface area contributed by atoms with E-state index in [1.807, 2.05) is 13.0 Å². The number of rotatable bonds is 2. The maximum Gasteiger partial charge on any atom is 0.130 e. The minimum atomic E-state index is -0.207. The quantitative estimate of drug-likeness (QED) is 0.648. The van der Waals surface area contributed by atoms with Crippen LogP contribution in [-0.2, 0) is 0 Å². The van der Waals surface area contributed by atoms with Gasteiger partial charge in [-0.25, -0.2) is 4.39 Å². The van der Waals surface area contributed by atoms with Crippen LogP contribution in [0.15, 0.2) is 12.1 Å². The summed E-state index contributed by atoms with van der Waals surface area (Å²) in [5, 5.41) is 0. The standard InChI is InChI=1S/C9H11FO.2C4H10/c1-6-4-8(10)7(2)9(5-6)11-3;1-4(2)3;1-3-4-2/h4-5H,1-3H3;4H,1-3H3;3-4H2,1-2H3. The molecule has 1 rings (SSSR count). The number of hydrogen-bond acceptors (Lipinski definition) is 1. The molecule has 0 saturated carbocycles. The highest BCUT2D eigenvalue weighted by Crippen LogP contribution is 2.21.